The number of hydrogen-bond donors (Lipinski definition) is 0. The van der Waals surface area contributed by atoms with Crippen LogP contribution in [0.2, 0.25) is 0 Å². The van der Waals surface area contributed by atoms with Crippen molar-refractivity contribution in [1.29, 1.82) is 0 Å². The van der Waals surface area contributed by atoms with Gasteiger partial charge in [-0.05, 0) is 17.8 Å². The molecule has 0 bridgehead atoms. The molecule has 1 atom stereocenters. The van der Waals surface area contributed by atoms with E-state index in [1.165, 1.54) is 6.42 Å². The van der Waals surface area contributed by atoms with Crippen LogP contribution in [0.5, 0.6) is 0 Å². The van der Waals surface area contributed by atoms with Crippen molar-refractivity contribution in [2.45, 2.75) is 45.8 Å². The van der Waals surface area contributed by atoms with Gasteiger partial charge in [0.2, 0.25) is 0 Å². The maximum Gasteiger partial charge on any atom is 0.168 e. The van der Waals surface area contributed by atoms with Gasteiger partial charge in [0.25, 0.3) is 0 Å². The highest BCUT2D eigenvalue weighted by molar-refractivity contribution is 4.88. The molecule has 1 aliphatic rings. The Kier molecular flexibility index (Phi) is 3.03. The molecule has 2 nitrogen and oxygen atoms in total. The largest absolute Gasteiger partial charge is 0.353 e. The van der Waals surface area contributed by atoms with Gasteiger partial charge in [-0.25, -0.2) is 0 Å². The molecule has 0 aromatic rings. The molecule has 0 saturated heterocycles. The summed E-state index contributed by atoms with van der Waals surface area (Å²) in [6, 6.07) is 0. The minimum absolute atomic E-state index is 0.332. The Morgan fingerprint density at radius 2 is 1.62 bits per heavy atom. The molecule has 1 fully saturated rings. The van der Waals surface area contributed by atoms with E-state index in [0.29, 0.717) is 11.3 Å². The Morgan fingerprint density at radius 1 is 1.08 bits per heavy atom. The van der Waals surface area contributed by atoms with Gasteiger partial charge >= 0.3 is 0 Å². The van der Waals surface area contributed by atoms with E-state index in [4.69, 9.17) is 9.47 Å². The third-order valence-corrected chi connectivity index (χ3v) is 3.05. The summed E-state index contributed by atoms with van der Waals surface area (Å²) in [6.07, 6.45) is 3.28. The van der Waals surface area contributed by atoms with E-state index in [0.717, 1.165) is 12.8 Å². The highest BCUT2D eigenvalue weighted by atomic mass is 16.7. The van der Waals surface area contributed by atoms with E-state index in [2.05, 4.69) is 20.8 Å². The van der Waals surface area contributed by atoms with Crippen molar-refractivity contribution in [3.8, 4) is 0 Å². The van der Waals surface area contributed by atoms with E-state index < -0.39 is 0 Å². The van der Waals surface area contributed by atoms with Crippen LogP contribution in [0.4, 0.5) is 0 Å². The molecule has 1 rings (SSSR count). The zero-order chi connectivity index (χ0) is 10.1. The second-order valence-corrected chi connectivity index (χ2v) is 5.17. The van der Waals surface area contributed by atoms with Gasteiger partial charge in [0.15, 0.2) is 5.79 Å². The quantitative estimate of drug-likeness (QED) is 0.617. The molecular weight excluding hydrogens is 164 g/mol. The molecule has 0 aromatic carbocycles. The maximum atomic E-state index is 5.51. The Labute approximate surface area is 81.6 Å². The first-order chi connectivity index (χ1) is 5.93. The highest BCUT2D eigenvalue weighted by Gasteiger charge is 2.43. The molecule has 1 unspecified atom stereocenters. The van der Waals surface area contributed by atoms with Crippen LogP contribution in [0.1, 0.15) is 40.0 Å². The molecule has 1 aliphatic carbocycles. The summed E-state index contributed by atoms with van der Waals surface area (Å²) in [5.74, 6) is 0.352. The number of hydrogen-bond acceptors (Lipinski definition) is 2. The third kappa shape index (κ3) is 2.44. The molecule has 0 radical (unpaired) electrons. The van der Waals surface area contributed by atoms with Crippen LogP contribution >= 0.6 is 0 Å². The fraction of sp³-hybridized carbons (Fsp3) is 1.00. The molecule has 0 aromatic heterocycles. The molecule has 0 aliphatic heterocycles. The molecule has 13 heavy (non-hydrogen) atoms. The molecule has 0 spiro atoms. The second kappa shape index (κ2) is 3.58. The normalized spacial score (nSPS) is 31.6. The van der Waals surface area contributed by atoms with Gasteiger partial charge in [-0.15, -0.1) is 0 Å². The van der Waals surface area contributed by atoms with Crippen LogP contribution in [0.15, 0.2) is 0 Å². The summed E-state index contributed by atoms with van der Waals surface area (Å²) in [5, 5.41) is 0. The summed E-state index contributed by atoms with van der Waals surface area (Å²) >= 11 is 0. The van der Waals surface area contributed by atoms with Gasteiger partial charge in [-0.2, -0.15) is 0 Å². The van der Waals surface area contributed by atoms with Crippen molar-refractivity contribution >= 4 is 0 Å². The van der Waals surface area contributed by atoms with E-state index in [1.807, 2.05) is 0 Å². The lowest BCUT2D eigenvalue weighted by Gasteiger charge is -2.45. The zero-order valence-electron chi connectivity index (χ0n) is 9.52. The van der Waals surface area contributed by atoms with E-state index >= 15 is 0 Å². The fourth-order valence-electron chi connectivity index (χ4n) is 2.81. The first kappa shape index (κ1) is 11.0. The van der Waals surface area contributed by atoms with Crippen molar-refractivity contribution in [3.63, 3.8) is 0 Å². The van der Waals surface area contributed by atoms with Crippen molar-refractivity contribution in [2.75, 3.05) is 14.2 Å². The van der Waals surface area contributed by atoms with Crippen LogP contribution in [0, 0.1) is 11.3 Å². The highest BCUT2D eigenvalue weighted by Crippen LogP contribution is 2.45. The van der Waals surface area contributed by atoms with Crippen molar-refractivity contribution in [1.82, 2.24) is 0 Å². The monoisotopic (exact) mass is 186 g/mol. The second-order valence-electron chi connectivity index (χ2n) is 5.17. The minimum atomic E-state index is -0.332. The van der Waals surface area contributed by atoms with Crippen LogP contribution in [-0.2, 0) is 9.47 Å². The van der Waals surface area contributed by atoms with Gasteiger partial charge in [0.1, 0.15) is 0 Å². The van der Waals surface area contributed by atoms with E-state index in [-0.39, 0.29) is 5.79 Å². The Hall–Kier alpha value is -0.0800. The van der Waals surface area contributed by atoms with Crippen molar-refractivity contribution < 1.29 is 9.47 Å². The minimum Gasteiger partial charge on any atom is -0.353 e. The SMILES string of the molecule is COC1(OC)CC(C)CC(C)(C)C1. The van der Waals surface area contributed by atoms with Gasteiger partial charge in [-0.1, -0.05) is 20.8 Å². The van der Waals surface area contributed by atoms with Crippen LogP contribution in [-0.4, -0.2) is 20.0 Å². The standard InChI is InChI=1S/C11H22O2/c1-9-6-10(2,3)8-11(7-9,12-4)13-5/h9H,6-8H2,1-5H3. The topological polar surface area (TPSA) is 18.5 Å². The van der Waals surface area contributed by atoms with E-state index in [1.54, 1.807) is 14.2 Å². The predicted octanol–water partition coefficient (Wildman–Crippen LogP) is 2.82. The first-order valence-corrected chi connectivity index (χ1v) is 5.03. The van der Waals surface area contributed by atoms with Gasteiger partial charge in [0.05, 0.1) is 0 Å². The zero-order valence-corrected chi connectivity index (χ0v) is 9.52. The molecule has 1 saturated carbocycles. The Balaban J connectivity index is 2.76. The Bertz CT molecular complexity index is 171. The molecule has 2 heteroatoms. The predicted molar refractivity (Wildman–Crippen MR) is 53.5 cm³/mol. The first-order valence-electron chi connectivity index (χ1n) is 5.03. The number of methoxy groups -OCH3 is 2. The third-order valence-electron chi connectivity index (χ3n) is 3.05. The summed E-state index contributed by atoms with van der Waals surface area (Å²) in [5.41, 5.74) is 0.337. The summed E-state index contributed by atoms with van der Waals surface area (Å²) in [6.45, 7) is 6.85. The number of rotatable bonds is 2. The molecule has 0 amide bonds. The maximum absolute atomic E-state index is 5.51. The van der Waals surface area contributed by atoms with Crippen molar-refractivity contribution in [3.05, 3.63) is 0 Å². The van der Waals surface area contributed by atoms with Crippen LogP contribution in [0.3, 0.4) is 0 Å². The number of ether oxygens (including phenoxy) is 2. The summed E-state index contributed by atoms with van der Waals surface area (Å²) in [7, 11) is 3.50. The van der Waals surface area contributed by atoms with E-state index in [9.17, 15) is 0 Å². The Morgan fingerprint density at radius 3 is 2.00 bits per heavy atom. The van der Waals surface area contributed by atoms with Gasteiger partial charge in [0, 0.05) is 27.1 Å². The molecular formula is C11H22O2. The average Bonchev–Trinajstić information content (AvgIpc) is 2.00. The average molecular weight is 186 g/mol. The smallest absolute Gasteiger partial charge is 0.168 e. The van der Waals surface area contributed by atoms with Crippen LogP contribution in [0.25, 0.3) is 0 Å². The van der Waals surface area contributed by atoms with Crippen molar-refractivity contribution in [2.24, 2.45) is 11.3 Å². The lowest BCUT2D eigenvalue weighted by molar-refractivity contribution is -0.248. The van der Waals surface area contributed by atoms with Crippen LogP contribution < -0.4 is 0 Å². The molecule has 0 N–H and O–H groups in total. The fourth-order valence-corrected chi connectivity index (χ4v) is 2.81. The van der Waals surface area contributed by atoms with Gasteiger partial charge in [-0.3, -0.25) is 0 Å². The lowest BCUT2D eigenvalue weighted by atomic mass is 9.70. The summed E-state index contributed by atoms with van der Waals surface area (Å²) < 4.78 is 11.0. The summed E-state index contributed by atoms with van der Waals surface area (Å²) in [4.78, 5) is 0. The molecule has 0 heterocycles. The van der Waals surface area contributed by atoms with Gasteiger partial charge < -0.3 is 9.47 Å². The lowest BCUT2D eigenvalue weighted by Crippen LogP contribution is -2.45. The molecule has 78 valence electrons.